The number of fused-ring (bicyclic) bond motifs is 1. The monoisotopic (exact) mass is 411 g/mol. The van der Waals surface area contributed by atoms with Gasteiger partial charge in [-0.3, -0.25) is 24.0 Å². The summed E-state index contributed by atoms with van der Waals surface area (Å²) >= 11 is 1.54. The van der Waals surface area contributed by atoms with Gasteiger partial charge in [0, 0.05) is 56.8 Å². The quantitative estimate of drug-likeness (QED) is 0.644. The van der Waals surface area contributed by atoms with E-state index >= 15 is 0 Å². The molecule has 0 unspecified atom stereocenters. The highest BCUT2D eigenvalue weighted by Gasteiger charge is 2.21. The molecule has 0 spiro atoms. The van der Waals surface area contributed by atoms with Gasteiger partial charge in [-0.05, 0) is 31.5 Å². The molecule has 1 saturated heterocycles. The third kappa shape index (κ3) is 4.23. The molecule has 0 radical (unpaired) electrons. The summed E-state index contributed by atoms with van der Waals surface area (Å²) in [5, 5.41) is 0.686. The fourth-order valence-electron chi connectivity index (χ4n) is 3.68. The Hall–Kier alpha value is -2.58. The second-order valence-corrected chi connectivity index (χ2v) is 8.64. The number of carbonyl (C=O) groups excluding carboxylic acids is 1. The number of thiophene rings is 1. The van der Waals surface area contributed by atoms with Gasteiger partial charge in [0.2, 0.25) is 5.91 Å². The van der Waals surface area contributed by atoms with Crippen LogP contribution in [0.2, 0.25) is 0 Å². The average Bonchev–Trinajstić information content (AvgIpc) is 3.03. The zero-order valence-electron chi connectivity index (χ0n) is 16.8. The minimum atomic E-state index is -0.0511. The standard InChI is InChI=1S/C21H25N5O2S/c1-15-16(2)29-20-19(15)21(28)26(14-23-20)8-6-18(27)25-11-9-24(10-12-25)13-17-5-3-4-7-22-17/h3-5,7,14H,6,8-13H2,1-2H3. The number of aromatic nitrogens is 3. The number of nitrogens with zero attached hydrogens (tertiary/aromatic N) is 5. The number of hydrogen-bond acceptors (Lipinski definition) is 6. The highest BCUT2D eigenvalue weighted by molar-refractivity contribution is 7.18. The van der Waals surface area contributed by atoms with Gasteiger partial charge in [-0.15, -0.1) is 11.3 Å². The van der Waals surface area contributed by atoms with E-state index in [9.17, 15) is 9.59 Å². The number of hydrogen-bond donors (Lipinski definition) is 0. The Kier molecular flexibility index (Phi) is 5.73. The van der Waals surface area contributed by atoms with Gasteiger partial charge in [0.05, 0.1) is 17.4 Å². The molecule has 4 rings (SSSR count). The molecule has 0 N–H and O–H groups in total. The summed E-state index contributed by atoms with van der Waals surface area (Å²) in [6.07, 6.45) is 3.69. The summed E-state index contributed by atoms with van der Waals surface area (Å²) < 4.78 is 1.57. The Balaban J connectivity index is 1.33. The largest absolute Gasteiger partial charge is 0.340 e. The molecule has 0 bridgehead atoms. The maximum atomic E-state index is 12.8. The molecule has 7 nitrogen and oxygen atoms in total. The van der Waals surface area contributed by atoms with Gasteiger partial charge >= 0.3 is 0 Å². The van der Waals surface area contributed by atoms with Crippen LogP contribution in [0.1, 0.15) is 22.6 Å². The Morgan fingerprint density at radius 2 is 1.93 bits per heavy atom. The molecule has 1 aliphatic heterocycles. The Morgan fingerprint density at radius 1 is 1.14 bits per heavy atom. The molecule has 152 valence electrons. The highest BCUT2D eigenvalue weighted by Crippen LogP contribution is 2.25. The molecule has 1 aliphatic rings. The zero-order chi connectivity index (χ0) is 20.4. The van der Waals surface area contributed by atoms with Crippen LogP contribution in [0.15, 0.2) is 35.5 Å². The molecule has 8 heteroatoms. The summed E-state index contributed by atoms with van der Waals surface area (Å²) in [6, 6.07) is 5.94. The first kappa shape index (κ1) is 19.7. The number of pyridine rings is 1. The average molecular weight is 412 g/mol. The number of aryl methyl sites for hydroxylation is 3. The van der Waals surface area contributed by atoms with E-state index in [0.29, 0.717) is 31.4 Å². The molecular formula is C21H25N5O2S. The van der Waals surface area contributed by atoms with Crippen LogP contribution in [-0.4, -0.2) is 56.4 Å². The fourth-order valence-corrected chi connectivity index (χ4v) is 4.67. The van der Waals surface area contributed by atoms with Gasteiger partial charge in [0.15, 0.2) is 0 Å². The lowest BCUT2D eigenvalue weighted by molar-refractivity contribution is -0.133. The lowest BCUT2D eigenvalue weighted by atomic mass is 10.2. The molecule has 3 aromatic rings. The maximum Gasteiger partial charge on any atom is 0.262 e. The lowest BCUT2D eigenvalue weighted by Gasteiger charge is -2.34. The minimum Gasteiger partial charge on any atom is -0.340 e. The van der Waals surface area contributed by atoms with Crippen molar-refractivity contribution in [3.05, 3.63) is 57.2 Å². The summed E-state index contributed by atoms with van der Waals surface area (Å²) in [6.45, 7) is 8.22. The zero-order valence-corrected chi connectivity index (χ0v) is 17.6. The Bertz CT molecular complexity index is 1070. The van der Waals surface area contributed by atoms with E-state index in [1.165, 1.54) is 0 Å². The first-order chi connectivity index (χ1) is 14.0. The third-order valence-electron chi connectivity index (χ3n) is 5.56. The predicted octanol–water partition coefficient (Wildman–Crippen LogP) is 2.20. The van der Waals surface area contributed by atoms with E-state index in [2.05, 4.69) is 14.9 Å². The minimum absolute atomic E-state index is 0.0511. The summed E-state index contributed by atoms with van der Waals surface area (Å²) in [5.41, 5.74) is 1.99. The van der Waals surface area contributed by atoms with Crippen molar-refractivity contribution in [3.8, 4) is 0 Å². The van der Waals surface area contributed by atoms with E-state index in [1.54, 1.807) is 22.2 Å². The van der Waals surface area contributed by atoms with Crippen LogP contribution in [0.4, 0.5) is 0 Å². The molecule has 3 aromatic heterocycles. The topological polar surface area (TPSA) is 71.3 Å². The van der Waals surface area contributed by atoms with Crippen molar-refractivity contribution in [1.82, 2.24) is 24.3 Å². The van der Waals surface area contributed by atoms with E-state index in [0.717, 1.165) is 40.6 Å². The van der Waals surface area contributed by atoms with Crippen molar-refractivity contribution in [3.63, 3.8) is 0 Å². The number of rotatable bonds is 5. The fraction of sp³-hybridized carbons (Fsp3) is 0.429. The number of amides is 1. The molecule has 0 aromatic carbocycles. The van der Waals surface area contributed by atoms with Crippen molar-refractivity contribution in [2.24, 2.45) is 0 Å². The number of carbonyl (C=O) groups is 1. The second-order valence-electron chi connectivity index (χ2n) is 7.43. The summed E-state index contributed by atoms with van der Waals surface area (Å²) in [7, 11) is 0. The van der Waals surface area contributed by atoms with Crippen LogP contribution in [0.3, 0.4) is 0 Å². The van der Waals surface area contributed by atoms with E-state index in [4.69, 9.17) is 0 Å². The van der Waals surface area contributed by atoms with Crippen LogP contribution < -0.4 is 5.56 Å². The van der Waals surface area contributed by atoms with Gasteiger partial charge in [0.25, 0.3) is 5.56 Å². The Labute approximate surface area is 173 Å². The molecule has 1 fully saturated rings. The molecule has 4 heterocycles. The molecule has 1 amide bonds. The van der Waals surface area contributed by atoms with Gasteiger partial charge in [-0.2, -0.15) is 0 Å². The van der Waals surface area contributed by atoms with E-state index < -0.39 is 0 Å². The Morgan fingerprint density at radius 3 is 2.66 bits per heavy atom. The smallest absolute Gasteiger partial charge is 0.262 e. The van der Waals surface area contributed by atoms with Crippen molar-refractivity contribution in [2.45, 2.75) is 33.4 Å². The van der Waals surface area contributed by atoms with Gasteiger partial charge in [0.1, 0.15) is 4.83 Å². The SMILES string of the molecule is Cc1sc2ncn(CCC(=O)N3CCN(Cc4ccccn4)CC3)c(=O)c2c1C. The lowest BCUT2D eigenvalue weighted by Crippen LogP contribution is -2.48. The molecular weight excluding hydrogens is 386 g/mol. The van der Waals surface area contributed by atoms with Crippen LogP contribution in [0.25, 0.3) is 10.2 Å². The maximum absolute atomic E-state index is 12.8. The van der Waals surface area contributed by atoms with Crippen molar-refractivity contribution >= 4 is 27.5 Å². The first-order valence-electron chi connectivity index (χ1n) is 9.88. The van der Waals surface area contributed by atoms with Gasteiger partial charge in [-0.25, -0.2) is 4.98 Å². The van der Waals surface area contributed by atoms with Gasteiger partial charge in [-0.1, -0.05) is 6.07 Å². The van der Waals surface area contributed by atoms with Crippen molar-refractivity contribution < 1.29 is 4.79 Å². The van der Waals surface area contributed by atoms with Crippen LogP contribution in [-0.2, 0) is 17.9 Å². The van der Waals surface area contributed by atoms with E-state index in [-0.39, 0.29) is 11.5 Å². The van der Waals surface area contributed by atoms with E-state index in [1.807, 2.05) is 43.1 Å². The van der Waals surface area contributed by atoms with Gasteiger partial charge < -0.3 is 4.90 Å². The van der Waals surface area contributed by atoms with Crippen LogP contribution in [0.5, 0.6) is 0 Å². The predicted molar refractivity (Wildman–Crippen MR) is 114 cm³/mol. The van der Waals surface area contributed by atoms with Crippen LogP contribution in [0, 0.1) is 13.8 Å². The molecule has 0 aliphatic carbocycles. The van der Waals surface area contributed by atoms with Crippen molar-refractivity contribution in [2.75, 3.05) is 26.2 Å². The summed E-state index contributed by atoms with van der Waals surface area (Å²) in [4.78, 5) is 40.3. The van der Waals surface area contributed by atoms with Crippen molar-refractivity contribution in [1.29, 1.82) is 0 Å². The molecule has 29 heavy (non-hydrogen) atoms. The van der Waals surface area contributed by atoms with Crippen LogP contribution >= 0.6 is 11.3 Å². The normalized spacial score (nSPS) is 15.2. The highest BCUT2D eigenvalue weighted by atomic mass is 32.1. The molecule has 0 saturated carbocycles. The molecule has 0 atom stereocenters. The first-order valence-corrected chi connectivity index (χ1v) is 10.7. The number of piperazine rings is 1. The third-order valence-corrected chi connectivity index (χ3v) is 6.67. The second kappa shape index (κ2) is 8.42. The summed E-state index contributed by atoms with van der Waals surface area (Å²) in [5.74, 6) is 0.0905.